The fourth-order valence-corrected chi connectivity index (χ4v) is 2.44. The molecule has 0 fully saturated rings. The first kappa shape index (κ1) is 18.1. The molecule has 0 heterocycles. The molecule has 0 saturated heterocycles. The van der Waals surface area contributed by atoms with Gasteiger partial charge < -0.3 is 14.8 Å². The summed E-state index contributed by atoms with van der Waals surface area (Å²) in [6.45, 7) is 6.38. The molecule has 0 aliphatic rings. The Morgan fingerprint density at radius 3 is 2.54 bits per heavy atom. The first-order chi connectivity index (χ1) is 11.4. The average molecular weight is 348 g/mol. The van der Waals surface area contributed by atoms with Gasteiger partial charge in [0.2, 0.25) is 0 Å². The van der Waals surface area contributed by atoms with Crippen LogP contribution in [0, 0.1) is 13.8 Å². The molecular formula is C19H22ClNO3. The number of methoxy groups -OCH3 is 1. The van der Waals surface area contributed by atoms with Crippen molar-refractivity contribution in [3.05, 3.63) is 58.1 Å². The number of benzene rings is 2. The lowest BCUT2D eigenvalue weighted by Crippen LogP contribution is -2.36. The summed E-state index contributed by atoms with van der Waals surface area (Å²) in [7, 11) is 1.53. The van der Waals surface area contributed by atoms with Crippen LogP contribution in [0.1, 0.15) is 28.4 Å². The summed E-state index contributed by atoms with van der Waals surface area (Å²) in [5.41, 5.74) is 2.89. The second kappa shape index (κ2) is 8.06. The molecule has 0 saturated carbocycles. The van der Waals surface area contributed by atoms with Crippen molar-refractivity contribution in [2.75, 3.05) is 13.7 Å². The van der Waals surface area contributed by atoms with E-state index < -0.39 is 0 Å². The van der Waals surface area contributed by atoms with Crippen LogP contribution in [0.4, 0.5) is 0 Å². The van der Waals surface area contributed by atoms with Gasteiger partial charge in [0.05, 0.1) is 18.2 Å². The standard InChI is InChI=1S/C19H22ClNO3/c1-12-5-7-16(9-13(12)2)24-11-14(3)21-19(22)15-6-8-18(23-4)17(20)10-15/h5-10,14H,11H2,1-4H3,(H,21,22). The smallest absolute Gasteiger partial charge is 0.251 e. The largest absolute Gasteiger partial charge is 0.495 e. The van der Waals surface area contributed by atoms with E-state index >= 15 is 0 Å². The maximum atomic E-state index is 12.3. The van der Waals surface area contributed by atoms with E-state index in [0.717, 1.165) is 5.75 Å². The van der Waals surface area contributed by atoms with E-state index in [1.54, 1.807) is 18.2 Å². The number of carbonyl (C=O) groups excluding carboxylic acids is 1. The zero-order chi connectivity index (χ0) is 17.7. The molecule has 1 amide bonds. The van der Waals surface area contributed by atoms with E-state index in [9.17, 15) is 4.79 Å². The van der Waals surface area contributed by atoms with Crippen molar-refractivity contribution in [3.8, 4) is 11.5 Å². The molecule has 0 radical (unpaired) electrons. The molecular weight excluding hydrogens is 326 g/mol. The molecule has 1 atom stereocenters. The van der Waals surface area contributed by atoms with E-state index in [-0.39, 0.29) is 11.9 Å². The van der Waals surface area contributed by atoms with Crippen LogP contribution < -0.4 is 14.8 Å². The number of ether oxygens (including phenoxy) is 2. The highest BCUT2D eigenvalue weighted by molar-refractivity contribution is 6.32. The van der Waals surface area contributed by atoms with Crippen LogP contribution in [0.2, 0.25) is 5.02 Å². The van der Waals surface area contributed by atoms with Gasteiger partial charge in [0.15, 0.2) is 0 Å². The van der Waals surface area contributed by atoms with Crippen molar-refractivity contribution in [1.29, 1.82) is 0 Å². The monoisotopic (exact) mass is 347 g/mol. The SMILES string of the molecule is COc1ccc(C(=O)NC(C)COc2ccc(C)c(C)c2)cc1Cl. The van der Waals surface area contributed by atoms with Gasteiger partial charge in [0.25, 0.3) is 5.91 Å². The zero-order valence-corrected chi connectivity index (χ0v) is 15.1. The summed E-state index contributed by atoms with van der Waals surface area (Å²) >= 11 is 6.05. The first-order valence-electron chi connectivity index (χ1n) is 7.75. The van der Waals surface area contributed by atoms with Crippen LogP contribution in [0.5, 0.6) is 11.5 Å². The minimum atomic E-state index is -0.198. The highest BCUT2D eigenvalue weighted by atomic mass is 35.5. The second-order valence-electron chi connectivity index (χ2n) is 5.78. The number of halogens is 1. The van der Waals surface area contributed by atoms with Crippen LogP contribution in [0.3, 0.4) is 0 Å². The van der Waals surface area contributed by atoms with Crippen LogP contribution in [-0.4, -0.2) is 25.7 Å². The maximum absolute atomic E-state index is 12.3. The summed E-state index contributed by atoms with van der Waals surface area (Å²) in [6.07, 6.45) is 0. The minimum absolute atomic E-state index is 0.139. The highest BCUT2D eigenvalue weighted by Crippen LogP contribution is 2.24. The fourth-order valence-electron chi connectivity index (χ4n) is 2.18. The van der Waals surface area contributed by atoms with Gasteiger partial charge >= 0.3 is 0 Å². The molecule has 0 aliphatic carbocycles. The lowest BCUT2D eigenvalue weighted by Gasteiger charge is -2.16. The van der Waals surface area contributed by atoms with Crippen LogP contribution >= 0.6 is 11.6 Å². The van der Waals surface area contributed by atoms with Crippen molar-refractivity contribution in [2.45, 2.75) is 26.8 Å². The Bertz CT molecular complexity index is 731. The molecule has 1 unspecified atom stereocenters. The molecule has 2 aromatic carbocycles. The Hall–Kier alpha value is -2.20. The molecule has 0 bridgehead atoms. The zero-order valence-electron chi connectivity index (χ0n) is 14.4. The third kappa shape index (κ3) is 4.65. The Morgan fingerprint density at radius 1 is 1.17 bits per heavy atom. The first-order valence-corrected chi connectivity index (χ1v) is 8.13. The van der Waals surface area contributed by atoms with E-state index in [1.165, 1.54) is 18.2 Å². The summed E-state index contributed by atoms with van der Waals surface area (Å²) in [5, 5.41) is 3.30. The van der Waals surface area contributed by atoms with Crippen LogP contribution in [0.15, 0.2) is 36.4 Å². The van der Waals surface area contributed by atoms with Crippen LogP contribution in [-0.2, 0) is 0 Å². The lowest BCUT2D eigenvalue weighted by atomic mass is 10.1. The molecule has 0 aromatic heterocycles. The molecule has 24 heavy (non-hydrogen) atoms. The molecule has 1 N–H and O–H groups in total. The second-order valence-corrected chi connectivity index (χ2v) is 6.19. The van der Waals surface area contributed by atoms with E-state index in [4.69, 9.17) is 21.1 Å². The Kier molecular flexibility index (Phi) is 6.10. The fraction of sp³-hybridized carbons (Fsp3) is 0.316. The third-order valence-electron chi connectivity index (χ3n) is 3.77. The average Bonchev–Trinajstić information content (AvgIpc) is 2.55. The van der Waals surface area contributed by atoms with Crippen molar-refractivity contribution in [2.24, 2.45) is 0 Å². The quantitative estimate of drug-likeness (QED) is 0.853. The van der Waals surface area contributed by atoms with Gasteiger partial charge in [-0.3, -0.25) is 4.79 Å². The Balaban J connectivity index is 1.91. The van der Waals surface area contributed by atoms with Gasteiger partial charge in [-0.1, -0.05) is 17.7 Å². The van der Waals surface area contributed by atoms with E-state index in [0.29, 0.717) is 22.9 Å². The number of nitrogens with one attached hydrogen (secondary N) is 1. The van der Waals surface area contributed by atoms with Gasteiger partial charge in [0, 0.05) is 5.56 Å². The number of hydrogen-bond acceptors (Lipinski definition) is 3. The lowest BCUT2D eigenvalue weighted by molar-refractivity contribution is 0.0926. The van der Waals surface area contributed by atoms with Gasteiger partial charge in [0.1, 0.15) is 18.1 Å². The number of hydrogen-bond donors (Lipinski definition) is 1. The third-order valence-corrected chi connectivity index (χ3v) is 4.07. The predicted molar refractivity (Wildman–Crippen MR) is 96.3 cm³/mol. The van der Waals surface area contributed by atoms with E-state index in [1.807, 2.05) is 32.0 Å². The highest BCUT2D eigenvalue weighted by Gasteiger charge is 2.12. The molecule has 5 heteroatoms. The summed E-state index contributed by atoms with van der Waals surface area (Å²) in [4.78, 5) is 12.3. The molecule has 2 aromatic rings. The molecule has 128 valence electrons. The van der Waals surface area contributed by atoms with Crippen molar-refractivity contribution in [3.63, 3.8) is 0 Å². The summed E-state index contributed by atoms with van der Waals surface area (Å²) in [6, 6.07) is 10.7. The molecule has 0 aliphatic heterocycles. The molecule has 2 rings (SSSR count). The van der Waals surface area contributed by atoms with Gasteiger partial charge in [-0.15, -0.1) is 0 Å². The Labute approximate surface area is 147 Å². The van der Waals surface area contributed by atoms with E-state index in [2.05, 4.69) is 12.2 Å². The van der Waals surface area contributed by atoms with Crippen molar-refractivity contribution >= 4 is 17.5 Å². The number of aryl methyl sites for hydroxylation is 2. The topological polar surface area (TPSA) is 47.6 Å². The van der Waals surface area contributed by atoms with Gasteiger partial charge in [-0.2, -0.15) is 0 Å². The molecule has 0 spiro atoms. The van der Waals surface area contributed by atoms with Crippen LogP contribution in [0.25, 0.3) is 0 Å². The summed E-state index contributed by atoms with van der Waals surface area (Å²) in [5.74, 6) is 1.14. The maximum Gasteiger partial charge on any atom is 0.251 e. The van der Waals surface area contributed by atoms with Gasteiger partial charge in [-0.05, 0) is 62.2 Å². The number of carbonyl (C=O) groups is 1. The predicted octanol–water partition coefficient (Wildman–Crippen LogP) is 4.16. The normalized spacial score (nSPS) is 11.7. The summed E-state index contributed by atoms with van der Waals surface area (Å²) < 4.78 is 10.8. The van der Waals surface area contributed by atoms with Crippen molar-refractivity contribution in [1.82, 2.24) is 5.32 Å². The number of rotatable bonds is 6. The van der Waals surface area contributed by atoms with Crippen molar-refractivity contribution < 1.29 is 14.3 Å². The van der Waals surface area contributed by atoms with Gasteiger partial charge in [-0.25, -0.2) is 0 Å². The number of amides is 1. The Morgan fingerprint density at radius 2 is 1.92 bits per heavy atom. The minimum Gasteiger partial charge on any atom is -0.495 e. The molecule has 4 nitrogen and oxygen atoms in total.